The highest BCUT2D eigenvalue weighted by atomic mass is 32.1. The van der Waals surface area contributed by atoms with Gasteiger partial charge in [0.2, 0.25) is 0 Å². The van der Waals surface area contributed by atoms with Crippen molar-refractivity contribution in [1.82, 2.24) is 4.98 Å². The van der Waals surface area contributed by atoms with Gasteiger partial charge in [-0.1, -0.05) is 13.8 Å². The lowest BCUT2D eigenvalue weighted by atomic mass is 10.0. The summed E-state index contributed by atoms with van der Waals surface area (Å²) in [5.41, 5.74) is 2.28. The van der Waals surface area contributed by atoms with Gasteiger partial charge < -0.3 is 4.74 Å². The molecule has 0 fully saturated rings. The summed E-state index contributed by atoms with van der Waals surface area (Å²) in [6, 6.07) is 7.86. The van der Waals surface area contributed by atoms with E-state index in [2.05, 4.69) is 24.0 Å². The van der Waals surface area contributed by atoms with Gasteiger partial charge in [-0.25, -0.2) is 4.79 Å². The monoisotopic (exact) mass is 289 g/mol. The molecule has 0 amide bonds. The molecule has 0 aliphatic rings. The first kappa shape index (κ1) is 14.7. The minimum absolute atomic E-state index is 0.176. The van der Waals surface area contributed by atoms with Gasteiger partial charge in [0.15, 0.2) is 0 Å². The van der Waals surface area contributed by atoms with Crippen molar-refractivity contribution in [2.45, 2.75) is 33.6 Å². The van der Waals surface area contributed by atoms with Gasteiger partial charge in [-0.15, -0.1) is 11.3 Å². The molecule has 0 radical (unpaired) electrons. The third kappa shape index (κ3) is 3.07. The predicted octanol–water partition coefficient (Wildman–Crippen LogP) is 4.42. The Morgan fingerprint density at radius 2 is 2.05 bits per heavy atom. The van der Waals surface area contributed by atoms with E-state index < -0.39 is 0 Å². The van der Waals surface area contributed by atoms with Gasteiger partial charge in [0.25, 0.3) is 0 Å². The van der Waals surface area contributed by atoms with Crippen molar-refractivity contribution < 1.29 is 9.53 Å². The standard InChI is InChI=1S/C16H19NO2S/c1-5-19-16(18)12-7-8-13(17-15(12)10(2)3)14-9-6-11(4)20-14/h6-10H,5H2,1-4H3. The molecule has 0 spiro atoms. The van der Waals surface area contributed by atoms with Crippen LogP contribution in [0, 0.1) is 6.92 Å². The van der Waals surface area contributed by atoms with Gasteiger partial charge >= 0.3 is 5.97 Å². The summed E-state index contributed by atoms with van der Waals surface area (Å²) in [6.07, 6.45) is 0. The summed E-state index contributed by atoms with van der Waals surface area (Å²) < 4.78 is 5.09. The minimum Gasteiger partial charge on any atom is -0.462 e. The highest BCUT2D eigenvalue weighted by molar-refractivity contribution is 7.15. The molecule has 20 heavy (non-hydrogen) atoms. The Bertz CT molecular complexity index is 617. The maximum absolute atomic E-state index is 12.0. The van der Waals surface area contributed by atoms with Crippen LogP contribution >= 0.6 is 11.3 Å². The second kappa shape index (κ2) is 6.18. The molecular weight excluding hydrogens is 270 g/mol. The second-order valence-electron chi connectivity index (χ2n) is 4.91. The van der Waals surface area contributed by atoms with E-state index in [9.17, 15) is 4.79 Å². The molecule has 0 saturated heterocycles. The van der Waals surface area contributed by atoms with E-state index in [1.807, 2.05) is 32.9 Å². The van der Waals surface area contributed by atoms with Crippen LogP contribution in [0.3, 0.4) is 0 Å². The van der Waals surface area contributed by atoms with Gasteiger partial charge in [-0.2, -0.15) is 0 Å². The van der Waals surface area contributed by atoms with E-state index in [0.717, 1.165) is 16.3 Å². The summed E-state index contributed by atoms with van der Waals surface area (Å²) >= 11 is 1.71. The number of nitrogens with zero attached hydrogens (tertiary/aromatic N) is 1. The molecule has 0 aliphatic heterocycles. The first-order chi connectivity index (χ1) is 9.52. The largest absolute Gasteiger partial charge is 0.462 e. The second-order valence-corrected chi connectivity index (χ2v) is 6.20. The summed E-state index contributed by atoms with van der Waals surface area (Å²) in [5, 5.41) is 0. The van der Waals surface area contributed by atoms with Crippen molar-refractivity contribution in [3.8, 4) is 10.6 Å². The number of esters is 1. The Labute approximate surface area is 123 Å². The van der Waals surface area contributed by atoms with Crippen LogP contribution < -0.4 is 0 Å². The Hall–Kier alpha value is -1.68. The highest BCUT2D eigenvalue weighted by Crippen LogP contribution is 2.29. The quantitative estimate of drug-likeness (QED) is 0.782. The van der Waals surface area contributed by atoms with Gasteiger partial charge in [0.1, 0.15) is 0 Å². The number of pyridine rings is 1. The molecule has 0 unspecified atom stereocenters. The smallest absolute Gasteiger partial charge is 0.339 e. The zero-order valence-electron chi connectivity index (χ0n) is 12.3. The Morgan fingerprint density at radius 3 is 2.60 bits per heavy atom. The van der Waals surface area contributed by atoms with Crippen LogP contribution in [0.2, 0.25) is 0 Å². The first-order valence-electron chi connectivity index (χ1n) is 6.77. The molecule has 0 N–H and O–H groups in total. The average Bonchev–Trinajstić information content (AvgIpc) is 2.85. The molecule has 2 rings (SSSR count). The summed E-state index contributed by atoms with van der Waals surface area (Å²) in [6.45, 7) is 8.33. The lowest BCUT2D eigenvalue weighted by molar-refractivity contribution is 0.0524. The molecule has 2 aromatic rings. The fraction of sp³-hybridized carbons (Fsp3) is 0.375. The number of hydrogen-bond acceptors (Lipinski definition) is 4. The molecule has 0 aromatic carbocycles. The molecule has 0 saturated carbocycles. The molecular formula is C16H19NO2S. The first-order valence-corrected chi connectivity index (χ1v) is 7.59. The predicted molar refractivity (Wildman–Crippen MR) is 82.3 cm³/mol. The van der Waals surface area contributed by atoms with Crippen molar-refractivity contribution in [2.24, 2.45) is 0 Å². The number of rotatable bonds is 4. The van der Waals surface area contributed by atoms with E-state index in [0.29, 0.717) is 12.2 Å². The number of carbonyl (C=O) groups excluding carboxylic acids is 1. The minimum atomic E-state index is -0.294. The lowest BCUT2D eigenvalue weighted by Gasteiger charge is -2.12. The van der Waals surface area contributed by atoms with Crippen LogP contribution in [0.5, 0.6) is 0 Å². The number of carbonyl (C=O) groups is 1. The summed E-state index contributed by atoms with van der Waals surface area (Å²) in [7, 11) is 0. The van der Waals surface area contributed by atoms with Crippen molar-refractivity contribution >= 4 is 17.3 Å². The van der Waals surface area contributed by atoms with E-state index >= 15 is 0 Å². The number of aryl methyl sites for hydroxylation is 1. The Kier molecular flexibility index (Phi) is 4.55. The summed E-state index contributed by atoms with van der Waals surface area (Å²) in [4.78, 5) is 19.0. The third-order valence-corrected chi connectivity index (χ3v) is 3.98. The van der Waals surface area contributed by atoms with E-state index in [1.54, 1.807) is 11.3 Å². The van der Waals surface area contributed by atoms with Crippen molar-refractivity contribution in [3.05, 3.63) is 40.4 Å². The number of ether oxygens (including phenoxy) is 1. The summed E-state index contributed by atoms with van der Waals surface area (Å²) in [5.74, 6) is -0.118. The fourth-order valence-electron chi connectivity index (χ4n) is 2.01. The topological polar surface area (TPSA) is 39.2 Å². The molecule has 3 nitrogen and oxygen atoms in total. The molecule has 2 aromatic heterocycles. The maximum Gasteiger partial charge on any atom is 0.339 e. The van der Waals surface area contributed by atoms with Gasteiger partial charge in [0, 0.05) is 4.88 Å². The Balaban J connectivity index is 2.45. The number of hydrogen-bond donors (Lipinski definition) is 0. The van der Waals surface area contributed by atoms with Crippen LogP contribution in [0.4, 0.5) is 0 Å². The molecule has 0 bridgehead atoms. The zero-order valence-corrected chi connectivity index (χ0v) is 13.1. The lowest BCUT2D eigenvalue weighted by Crippen LogP contribution is -2.11. The van der Waals surface area contributed by atoms with Gasteiger partial charge in [-0.05, 0) is 44.0 Å². The van der Waals surface area contributed by atoms with Crippen molar-refractivity contribution in [2.75, 3.05) is 6.61 Å². The van der Waals surface area contributed by atoms with E-state index in [1.165, 1.54) is 4.88 Å². The van der Waals surface area contributed by atoms with Crippen molar-refractivity contribution in [1.29, 1.82) is 0 Å². The van der Waals surface area contributed by atoms with Crippen molar-refractivity contribution in [3.63, 3.8) is 0 Å². The highest BCUT2D eigenvalue weighted by Gasteiger charge is 2.17. The SMILES string of the molecule is CCOC(=O)c1ccc(-c2ccc(C)s2)nc1C(C)C. The van der Waals surface area contributed by atoms with Crippen LogP contribution in [0.1, 0.15) is 47.6 Å². The number of aromatic nitrogens is 1. The average molecular weight is 289 g/mol. The molecule has 106 valence electrons. The van der Waals surface area contributed by atoms with Crippen LogP contribution in [0.25, 0.3) is 10.6 Å². The van der Waals surface area contributed by atoms with Crippen LogP contribution in [0.15, 0.2) is 24.3 Å². The van der Waals surface area contributed by atoms with Crippen LogP contribution in [-0.2, 0) is 4.74 Å². The van der Waals surface area contributed by atoms with Gasteiger partial charge in [-0.3, -0.25) is 4.98 Å². The number of thiophene rings is 1. The fourth-order valence-corrected chi connectivity index (χ4v) is 2.84. The van der Waals surface area contributed by atoms with Gasteiger partial charge in [0.05, 0.1) is 28.4 Å². The Morgan fingerprint density at radius 1 is 1.30 bits per heavy atom. The van der Waals surface area contributed by atoms with E-state index in [-0.39, 0.29) is 11.9 Å². The molecule has 4 heteroatoms. The zero-order chi connectivity index (χ0) is 14.7. The third-order valence-electron chi connectivity index (χ3n) is 2.96. The molecule has 0 atom stereocenters. The molecule has 0 aliphatic carbocycles. The van der Waals surface area contributed by atoms with E-state index in [4.69, 9.17) is 4.74 Å². The van der Waals surface area contributed by atoms with Crippen LogP contribution in [-0.4, -0.2) is 17.6 Å². The normalized spacial score (nSPS) is 10.8. The maximum atomic E-state index is 12.0. The molecule has 2 heterocycles.